The predicted molar refractivity (Wildman–Crippen MR) is 129 cm³/mol. The largest absolute Gasteiger partial charge is 0.436 e. The van der Waals surface area contributed by atoms with Gasteiger partial charge >= 0.3 is 0 Å². The second kappa shape index (κ2) is 10.1. The van der Waals surface area contributed by atoms with E-state index >= 15 is 0 Å². The molecule has 2 heterocycles. The zero-order chi connectivity index (χ0) is 21.9. The first-order valence-electron chi connectivity index (χ1n) is 10.6. The van der Waals surface area contributed by atoms with Gasteiger partial charge in [-0.25, -0.2) is 9.37 Å². The van der Waals surface area contributed by atoms with E-state index in [1.54, 1.807) is 6.07 Å². The summed E-state index contributed by atoms with van der Waals surface area (Å²) in [6.07, 6.45) is 0. The first kappa shape index (κ1) is 22.9. The zero-order valence-electron chi connectivity index (χ0n) is 17.9. The molecule has 0 radical (unpaired) electrons. The predicted octanol–water partition coefficient (Wildman–Crippen LogP) is 4.71. The Kier molecular flexibility index (Phi) is 7.03. The number of oxazole rings is 1. The van der Waals surface area contributed by atoms with Crippen molar-refractivity contribution in [1.29, 1.82) is 0 Å². The molecule has 0 unspecified atom stereocenters. The molecule has 1 fully saturated rings. The molecule has 0 spiro atoms. The van der Waals surface area contributed by atoms with Crippen LogP contribution in [0, 0.1) is 5.82 Å². The van der Waals surface area contributed by atoms with Gasteiger partial charge in [0.05, 0.1) is 11.3 Å². The smallest absolute Gasteiger partial charge is 0.255 e. The fourth-order valence-electron chi connectivity index (χ4n) is 3.88. The van der Waals surface area contributed by atoms with Gasteiger partial charge in [-0.1, -0.05) is 18.2 Å². The van der Waals surface area contributed by atoms with Gasteiger partial charge in [-0.15, -0.1) is 12.4 Å². The van der Waals surface area contributed by atoms with Crippen molar-refractivity contribution in [2.24, 2.45) is 0 Å². The average Bonchev–Trinajstić information content (AvgIpc) is 3.24. The van der Waals surface area contributed by atoms with Crippen LogP contribution >= 0.6 is 12.4 Å². The summed E-state index contributed by atoms with van der Waals surface area (Å²) in [6, 6.07) is 18.9. The zero-order valence-corrected chi connectivity index (χ0v) is 18.7. The highest BCUT2D eigenvalue weighted by Gasteiger charge is 2.16. The van der Waals surface area contributed by atoms with Gasteiger partial charge in [-0.2, -0.15) is 0 Å². The van der Waals surface area contributed by atoms with Crippen LogP contribution in [0.25, 0.3) is 22.6 Å². The summed E-state index contributed by atoms with van der Waals surface area (Å²) < 4.78 is 19.3. The molecule has 8 heteroatoms. The Bertz CT molecular complexity index is 1250. The SMILES string of the molecule is Cl.O=C(Nc1ccccc1-c1nc2ccc(CN3CCNCC3)cc2o1)c1ccc(F)cc1. The normalized spacial score (nSPS) is 14.1. The lowest BCUT2D eigenvalue weighted by atomic mass is 10.1. The fourth-order valence-corrected chi connectivity index (χ4v) is 3.88. The molecule has 33 heavy (non-hydrogen) atoms. The summed E-state index contributed by atoms with van der Waals surface area (Å²) in [4.78, 5) is 19.7. The molecule has 2 N–H and O–H groups in total. The van der Waals surface area contributed by atoms with Crippen molar-refractivity contribution in [3.8, 4) is 11.5 Å². The highest BCUT2D eigenvalue weighted by atomic mass is 35.5. The molecule has 0 bridgehead atoms. The molecule has 0 saturated carbocycles. The number of carbonyl (C=O) groups is 1. The van der Waals surface area contributed by atoms with Crippen molar-refractivity contribution < 1.29 is 13.6 Å². The molecule has 0 atom stereocenters. The highest BCUT2D eigenvalue weighted by molar-refractivity contribution is 6.06. The number of carbonyl (C=O) groups excluding carboxylic acids is 1. The van der Waals surface area contributed by atoms with Crippen LogP contribution < -0.4 is 10.6 Å². The van der Waals surface area contributed by atoms with E-state index in [9.17, 15) is 9.18 Å². The Morgan fingerprint density at radius 3 is 2.61 bits per heavy atom. The molecule has 1 aliphatic rings. The number of aromatic nitrogens is 1. The van der Waals surface area contributed by atoms with Crippen molar-refractivity contribution in [2.75, 3.05) is 31.5 Å². The molecule has 3 aromatic carbocycles. The van der Waals surface area contributed by atoms with Gasteiger partial charge in [0.1, 0.15) is 11.3 Å². The molecule has 5 rings (SSSR count). The van der Waals surface area contributed by atoms with E-state index in [1.165, 1.54) is 29.8 Å². The highest BCUT2D eigenvalue weighted by Crippen LogP contribution is 2.31. The van der Waals surface area contributed by atoms with Gasteiger partial charge < -0.3 is 15.1 Å². The van der Waals surface area contributed by atoms with Crippen LogP contribution in [-0.2, 0) is 6.54 Å². The van der Waals surface area contributed by atoms with E-state index in [2.05, 4.69) is 26.6 Å². The molecular formula is C25H24ClFN4O2. The number of anilines is 1. The summed E-state index contributed by atoms with van der Waals surface area (Å²) in [6.45, 7) is 4.95. The number of nitrogens with one attached hydrogen (secondary N) is 2. The number of rotatable bonds is 5. The van der Waals surface area contributed by atoms with Gasteiger partial charge in [0.2, 0.25) is 5.89 Å². The van der Waals surface area contributed by atoms with E-state index in [0.29, 0.717) is 28.3 Å². The molecule has 0 aliphatic carbocycles. The van der Waals surface area contributed by atoms with Crippen LogP contribution in [0.15, 0.2) is 71.1 Å². The summed E-state index contributed by atoms with van der Waals surface area (Å²) in [5.74, 6) is -0.272. The van der Waals surface area contributed by atoms with Crippen LogP contribution in [0.2, 0.25) is 0 Å². The van der Waals surface area contributed by atoms with Gasteiger partial charge in [-0.3, -0.25) is 9.69 Å². The topological polar surface area (TPSA) is 70.4 Å². The molecule has 1 amide bonds. The second-order valence-corrected chi connectivity index (χ2v) is 7.85. The maximum Gasteiger partial charge on any atom is 0.255 e. The van der Waals surface area contributed by atoms with Crippen LogP contribution in [0.3, 0.4) is 0 Å². The lowest BCUT2D eigenvalue weighted by Gasteiger charge is -2.27. The van der Waals surface area contributed by atoms with E-state index in [4.69, 9.17) is 4.42 Å². The van der Waals surface area contributed by atoms with Gasteiger partial charge in [-0.05, 0) is 54.1 Å². The number of halogens is 2. The molecule has 4 aromatic rings. The Labute approximate surface area is 197 Å². The molecule has 170 valence electrons. The summed E-state index contributed by atoms with van der Waals surface area (Å²) in [7, 11) is 0. The van der Waals surface area contributed by atoms with Gasteiger partial charge in [0.25, 0.3) is 5.91 Å². The Morgan fingerprint density at radius 2 is 1.82 bits per heavy atom. The lowest BCUT2D eigenvalue weighted by Crippen LogP contribution is -2.42. The molecule has 1 aromatic heterocycles. The summed E-state index contributed by atoms with van der Waals surface area (Å²) in [5.41, 5.74) is 4.30. The number of hydrogen-bond acceptors (Lipinski definition) is 5. The average molecular weight is 467 g/mol. The van der Waals surface area contributed by atoms with Crippen molar-refractivity contribution >= 4 is 35.1 Å². The van der Waals surface area contributed by atoms with Gasteiger partial charge in [0, 0.05) is 38.3 Å². The van der Waals surface area contributed by atoms with Crippen molar-refractivity contribution in [1.82, 2.24) is 15.2 Å². The Balaban J connectivity index is 0.00000259. The maximum absolute atomic E-state index is 13.2. The van der Waals surface area contributed by atoms with E-state index in [-0.39, 0.29) is 24.1 Å². The number of piperazine rings is 1. The lowest BCUT2D eigenvalue weighted by molar-refractivity contribution is 0.102. The van der Waals surface area contributed by atoms with Crippen molar-refractivity contribution in [2.45, 2.75) is 6.54 Å². The Hall–Kier alpha value is -3.26. The standard InChI is InChI=1S/C25H23FN4O2.ClH/c26-19-8-6-18(7-9-19)24(31)28-21-4-2-1-3-20(21)25-29-22-10-5-17(15-23(22)32-25)16-30-13-11-27-12-14-30;/h1-10,15,27H,11-14,16H2,(H,28,31);1H. The summed E-state index contributed by atoms with van der Waals surface area (Å²) >= 11 is 0. The van der Waals surface area contributed by atoms with Gasteiger partial charge in [0.15, 0.2) is 5.58 Å². The number of nitrogens with zero attached hydrogens (tertiary/aromatic N) is 2. The van der Waals surface area contributed by atoms with E-state index in [1.807, 2.05) is 30.3 Å². The molecule has 1 saturated heterocycles. The number of hydrogen-bond donors (Lipinski definition) is 2. The number of amides is 1. The van der Waals surface area contributed by atoms with Crippen LogP contribution in [0.5, 0.6) is 0 Å². The first-order chi connectivity index (χ1) is 15.7. The van der Waals surface area contributed by atoms with Crippen molar-refractivity contribution in [3.63, 3.8) is 0 Å². The minimum atomic E-state index is -0.384. The second-order valence-electron chi connectivity index (χ2n) is 7.85. The van der Waals surface area contributed by atoms with E-state index < -0.39 is 0 Å². The number of para-hydroxylation sites is 1. The first-order valence-corrected chi connectivity index (χ1v) is 10.6. The fraction of sp³-hybridized carbons (Fsp3) is 0.200. The third-order valence-electron chi connectivity index (χ3n) is 5.58. The maximum atomic E-state index is 13.2. The summed E-state index contributed by atoms with van der Waals surface area (Å²) in [5, 5.41) is 6.25. The molecular weight excluding hydrogens is 443 g/mol. The third kappa shape index (κ3) is 5.22. The van der Waals surface area contributed by atoms with Crippen LogP contribution in [0.4, 0.5) is 10.1 Å². The monoisotopic (exact) mass is 466 g/mol. The molecule has 6 nitrogen and oxygen atoms in total. The number of fused-ring (bicyclic) bond motifs is 1. The van der Waals surface area contributed by atoms with Crippen LogP contribution in [0.1, 0.15) is 15.9 Å². The molecule has 1 aliphatic heterocycles. The number of benzene rings is 3. The quantitative estimate of drug-likeness (QED) is 0.445. The van der Waals surface area contributed by atoms with Crippen LogP contribution in [-0.4, -0.2) is 42.0 Å². The van der Waals surface area contributed by atoms with Crippen molar-refractivity contribution in [3.05, 3.63) is 83.7 Å². The minimum Gasteiger partial charge on any atom is -0.436 e. The van der Waals surface area contributed by atoms with E-state index in [0.717, 1.165) is 38.2 Å². The third-order valence-corrected chi connectivity index (χ3v) is 5.58. The Morgan fingerprint density at radius 1 is 1.06 bits per heavy atom. The minimum absolute atomic E-state index is 0.